The van der Waals surface area contributed by atoms with Gasteiger partial charge in [0, 0.05) is 12.1 Å². The van der Waals surface area contributed by atoms with Crippen molar-refractivity contribution in [2.24, 2.45) is 0 Å². The maximum absolute atomic E-state index is 13.6. The number of carbonyl (C=O) groups excluding carboxylic acids is 1. The number of carbonyl (C=O) groups is 1. The summed E-state index contributed by atoms with van der Waals surface area (Å²) in [7, 11) is 1.41. The van der Waals surface area contributed by atoms with Gasteiger partial charge in [-0.1, -0.05) is 36.0 Å². The molecule has 4 rings (SSSR count). The Bertz CT molecular complexity index is 1550. The zero-order chi connectivity index (χ0) is 26.0. The number of hydrogen-bond acceptors (Lipinski definition) is 7. The summed E-state index contributed by atoms with van der Waals surface area (Å²) in [4.78, 5) is 42.0. The normalized spacial score (nSPS) is 11.8. The monoisotopic (exact) mass is 504 g/mol. The van der Waals surface area contributed by atoms with Gasteiger partial charge in [-0.3, -0.25) is 24.3 Å². The Kier molecular flexibility index (Phi) is 7.07. The zero-order valence-electron chi connectivity index (χ0n) is 20.1. The molecule has 0 saturated heterocycles. The number of aryl methyl sites for hydroxylation is 1. The number of ether oxygens (including phenoxy) is 1. The number of nitrogens with zero attached hydrogens (tertiary/aromatic N) is 3. The Morgan fingerprint density at radius 1 is 1.14 bits per heavy atom. The molecular formula is C26H24N4O5S. The third-order valence-electron chi connectivity index (χ3n) is 5.87. The first-order chi connectivity index (χ1) is 17.2. The molecule has 1 N–H and O–H groups in total. The number of nitro groups is 1. The quantitative estimate of drug-likeness (QED) is 0.162. The van der Waals surface area contributed by atoms with Crippen molar-refractivity contribution in [1.29, 1.82) is 0 Å². The van der Waals surface area contributed by atoms with Crippen LogP contribution in [-0.2, 0) is 4.79 Å². The van der Waals surface area contributed by atoms with Gasteiger partial charge in [0.25, 0.3) is 11.2 Å². The highest BCUT2D eigenvalue weighted by molar-refractivity contribution is 8.00. The number of methoxy groups -OCH3 is 1. The molecule has 0 spiro atoms. The van der Waals surface area contributed by atoms with E-state index in [1.807, 2.05) is 32.0 Å². The highest BCUT2D eigenvalue weighted by Crippen LogP contribution is 2.31. The highest BCUT2D eigenvalue weighted by Gasteiger charge is 2.23. The van der Waals surface area contributed by atoms with E-state index in [1.165, 1.54) is 29.9 Å². The summed E-state index contributed by atoms with van der Waals surface area (Å²) in [5.41, 5.74) is 2.94. The number of aromatic nitrogens is 2. The maximum Gasteiger partial charge on any atom is 0.271 e. The number of thioether (sulfide) groups is 1. The van der Waals surface area contributed by atoms with Gasteiger partial charge in [0.15, 0.2) is 5.16 Å². The molecule has 1 unspecified atom stereocenters. The SMILES string of the molecule is COc1ccc([N+](=O)[O-])cc1NC(=O)C(C)Sc1nc2ccccc2c(=O)n1-c1cccc(C)c1C. The summed E-state index contributed by atoms with van der Waals surface area (Å²) < 4.78 is 6.78. The van der Waals surface area contributed by atoms with Crippen LogP contribution in [0.15, 0.2) is 70.6 Å². The number of nitrogens with one attached hydrogen (secondary N) is 1. The Hall–Kier alpha value is -4.18. The van der Waals surface area contributed by atoms with Crippen LogP contribution in [0.3, 0.4) is 0 Å². The molecule has 0 aliphatic rings. The largest absolute Gasteiger partial charge is 0.495 e. The second-order valence-corrected chi connectivity index (χ2v) is 9.47. The minimum absolute atomic E-state index is 0.175. The first-order valence-electron chi connectivity index (χ1n) is 11.1. The number of nitro benzene ring substituents is 1. The van der Waals surface area contributed by atoms with E-state index in [0.717, 1.165) is 22.9 Å². The van der Waals surface area contributed by atoms with Gasteiger partial charge in [-0.15, -0.1) is 0 Å². The van der Waals surface area contributed by atoms with E-state index in [-0.39, 0.29) is 16.9 Å². The molecule has 10 heteroatoms. The molecule has 1 amide bonds. The van der Waals surface area contributed by atoms with E-state index in [0.29, 0.717) is 27.5 Å². The van der Waals surface area contributed by atoms with Gasteiger partial charge < -0.3 is 10.1 Å². The lowest BCUT2D eigenvalue weighted by Gasteiger charge is -2.19. The molecule has 1 heterocycles. The van der Waals surface area contributed by atoms with Gasteiger partial charge in [-0.05, 0) is 56.2 Å². The highest BCUT2D eigenvalue weighted by atomic mass is 32.2. The molecule has 0 fully saturated rings. The second-order valence-electron chi connectivity index (χ2n) is 8.16. The predicted octanol–water partition coefficient (Wildman–Crippen LogP) is 5.04. The number of para-hydroxylation sites is 1. The smallest absolute Gasteiger partial charge is 0.271 e. The maximum atomic E-state index is 13.6. The minimum Gasteiger partial charge on any atom is -0.495 e. The topological polar surface area (TPSA) is 116 Å². The van der Waals surface area contributed by atoms with Crippen molar-refractivity contribution in [3.63, 3.8) is 0 Å². The second kappa shape index (κ2) is 10.2. The molecule has 184 valence electrons. The van der Waals surface area contributed by atoms with Crippen molar-refractivity contribution in [2.75, 3.05) is 12.4 Å². The summed E-state index contributed by atoms with van der Waals surface area (Å²) in [6.45, 7) is 5.58. The summed E-state index contributed by atoms with van der Waals surface area (Å²) in [6, 6.07) is 16.7. The summed E-state index contributed by atoms with van der Waals surface area (Å²) >= 11 is 1.13. The fourth-order valence-electron chi connectivity index (χ4n) is 3.73. The van der Waals surface area contributed by atoms with E-state index >= 15 is 0 Å². The van der Waals surface area contributed by atoms with E-state index in [4.69, 9.17) is 9.72 Å². The number of anilines is 1. The lowest BCUT2D eigenvalue weighted by molar-refractivity contribution is -0.384. The van der Waals surface area contributed by atoms with Gasteiger partial charge in [-0.25, -0.2) is 4.98 Å². The van der Waals surface area contributed by atoms with Crippen LogP contribution in [0.2, 0.25) is 0 Å². The standard InChI is InChI=1S/C26H24N4O5S/c1-15-8-7-11-22(16(15)2)29-25(32)19-9-5-6-10-20(19)28-26(29)36-17(3)24(31)27-21-14-18(30(33)34)12-13-23(21)35-4/h5-14,17H,1-4H3,(H,27,31). The molecule has 0 bridgehead atoms. The zero-order valence-corrected chi connectivity index (χ0v) is 21.0. The Balaban J connectivity index is 1.74. The van der Waals surface area contributed by atoms with Crippen LogP contribution < -0.4 is 15.6 Å². The van der Waals surface area contributed by atoms with Crippen molar-refractivity contribution in [3.8, 4) is 11.4 Å². The first kappa shape index (κ1) is 24.9. The fourth-order valence-corrected chi connectivity index (χ4v) is 4.65. The van der Waals surface area contributed by atoms with Crippen molar-refractivity contribution >= 4 is 39.9 Å². The van der Waals surface area contributed by atoms with E-state index in [9.17, 15) is 19.7 Å². The molecule has 3 aromatic carbocycles. The van der Waals surface area contributed by atoms with Crippen molar-refractivity contribution in [1.82, 2.24) is 9.55 Å². The number of amides is 1. The minimum atomic E-state index is -0.696. The molecule has 0 saturated carbocycles. The summed E-state index contributed by atoms with van der Waals surface area (Å²) in [5, 5.41) is 14.0. The average Bonchev–Trinajstić information content (AvgIpc) is 2.86. The van der Waals surface area contributed by atoms with Crippen LogP contribution in [0.1, 0.15) is 18.1 Å². The third kappa shape index (κ3) is 4.80. The lowest BCUT2D eigenvalue weighted by Crippen LogP contribution is -2.26. The van der Waals surface area contributed by atoms with E-state index < -0.39 is 16.1 Å². The van der Waals surface area contributed by atoms with Crippen LogP contribution in [0.4, 0.5) is 11.4 Å². The lowest BCUT2D eigenvalue weighted by atomic mass is 10.1. The van der Waals surface area contributed by atoms with Gasteiger partial charge in [0.2, 0.25) is 5.91 Å². The Morgan fingerprint density at radius 3 is 2.61 bits per heavy atom. The van der Waals surface area contributed by atoms with Gasteiger partial charge in [0.05, 0.1) is 39.6 Å². The molecule has 4 aromatic rings. The molecule has 36 heavy (non-hydrogen) atoms. The van der Waals surface area contributed by atoms with Gasteiger partial charge in [0.1, 0.15) is 5.75 Å². The Morgan fingerprint density at radius 2 is 1.89 bits per heavy atom. The van der Waals surface area contributed by atoms with Crippen molar-refractivity contribution in [3.05, 3.63) is 92.3 Å². The molecule has 1 atom stereocenters. The van der Waals surface area contributed by atoms with Crippen LogP contribution >= 0.6 is 11.8 Å². The number of non-ortho nitro benzene ring substituents is 1. The number of benzene rings is 3. The summed E-state index contributed by atoms with van der Waals surface area (Å²) in [5.74, 6) is -0.129. The summed E-state index contributed by atoms with van der Waals surface area (Å²) in [6.07, 6.45) is 0. The molecule has 0 aliphatic heterocycles. The predicted molar refractivity (Wildman–Crippen MR) is 140 cm³/mol. The molecule has 1 aromatic heterocycles. The first-order valence-corrected chi connectivity index (χ1v) is 12.0. The molecule has 9 nitrogen and oxygen atoms in total. The van der Waals surface area contributed by atoms with Gasteiger partial charge >= 0.3 is 0 Å². The Labute approximate surface area is 211 Å². The third-order valence-corrected chi connectivity index (χ3v) is 6.92. The molecular weight excluding hydrogens is 480 g/mol. The van der Waals surface area contributed by atoms with Crippen LogP contribution in [0.5, 0.6) is 5.75 Å². The van der Waals surface area contributed by atoms with Crippen LogP contribution in [0.25, 0.3) is 16.6 Å². The van der Waals surface area contributed by atoms with E-state index in [2.05, 4.69) is 5.32 Å². The average molecular weight is 505 g/mol. The van der Waals surface area contributed by atoms with Crippen molar-refractivity contribution in [2.45, 2.75) is 31.2 Å². The molecule has 0 aliphatic carbocycles. The number of fused-ring (bicyclic) bond motifs is 1. The fraction of sp³-hybridized carbons (Fsp3) is 0.192. The number of hydrogen-bond donors (Lipinski definition) is 1. The molecule has 0 radical (unpaired) electrons. The van der Waals surface area contributed by atoms with Gasteiger partial charge in [-0.2, -0.15) is 0 Å². The van der Waals surface area contributed by atoms with Crippen LogP contribution in [0, 0.1) is 24.0 Å². The van der Waals surface area contributed by atoms with Crippen LogP contribution in [-0.4, -0.2) is 32.7 Å². The van der Waals surface area contributed by atoms with Crippen molar-refractivity contribution < 1.29 is 14.5 Å². The van der Waals surface area contributed by atoms with E-state index in [1.54, 1.807) is 31.2 Å². The number of rotatable bonds is 7.